The van der Waals surface area contributed by atoms with E-state index in [0.29, 0.717) is 0 Å². The Morgan fingerprint density at radius 3 is 1.63 bits per heavy atom. The molecule has 0 radical (unpaired) electrons. The predicted molar refractivity (Wildman–Crippen MR) is 227 cm³/mol. The summed E-state index contributed by atoms with van der Waals surface area (Å²) in [6, 6.07) is 72.4. The third-order valence-electron chi connectivity index (χ3n) is 11.1. The molecule has 0 saturated heterocycles. The first-order valence-electron chi connectivity index (χ1n) is 18.4. The minimum atomic E-state index is -0.466. The summed E-state index contributed by atoms with van der Waals surface area (Å²) in [5, 5.41) is 3.55. The summed E-state index contributed by atoms with van der Waals surface area (Å²) < 4.78 is 8.03. The Labute approximate surface area is 317 Å². The predicted octanol–water partition coefficient (Wildman–Crippen LogP) is 14.3. The summed E-state index contributed by atoms with van der Waals surface area (Å²) >= 11 is 1.91. The zero-order valence-electron chi connectivity index (χ0n) is 29.3. The van der Waals surface area contributed by atoms with Crippen molar-refractivity contribution in [2.45, 2.75) is 5.41 Å². The van der Waals surface area contributed by atoms with E-state index in [2.05, 4.69) is 205 Å². The molecule has 1 aliphatic carbocycles. The van der Waals surface area contributed by atoms with Crippen LogP contribution in [0, 0.1) is 0 Å². The molecule has 0 atom stereocenters. The molecule has 0 N–H and O–H groups in total. The van der Waals surface area contributed by atoms with Gasteiger partial charge in [-0.1, -0.05) is 133 Å². The number of rotatable bonds is 6. The minimum Gasteiger partial charge on any atom is -0.456 e. The Morgan fingerprint density at radius 1 is 0.426 bits per heavy atom. The van der Waals surface area contributed by atoms with Gasteiger partial charge >= 0.3 is 0 Å². The molecular weight excluding hydrogens is 675 g/mol. The van der Waals surface area contributed by atoms with E-state index >= 15 is 0 Å². The lowest BCUT2D eigenvalue weighted by atomic mass is 9.67. The van der Waals surface area contributed by atoms with Crippen molar-refractivity contribution >= 4 is 60.4 Å². The molecule has 54 heavy (non-hydrogen) atoms. The van der Waals surface area contributed by atoms with Gasteiger partial charge in [-0.3, -0.25) is 0 Å². The summed E-state index contributed by atoms with van der Waals surface area (Å²) in [4.78, 5) is 3.63. The molecule has 8 aromatic carbocycles. The third-order valence-corrected chi connectivity index (χ3v) is 12.3. The highest BCUT2D eigenvalue weighted by Crippen LogP contribution is 2.61. The Kier molecular flexibility index (Phi) is 6.98. The molecule has 0 aliphatic heterocycles. The Bertz CT molecular complexity index is 2900. The molecule has 0 unspecified atom stereocenters. The van der Waals surface area contributed by atoms with Crippen LogP contribution in [-0.4, -0.2) is 0 Å². The van der Waals surface area contributed by atoms with Crippen molar-refractivity contribution in [3.63, 3.8) is 0 Å². The Morgan fingerprint density at radius 2 is 0.963 bits per heavy atom. The fraction of sp³-hybridized carbons (Fsp3) is 0.0196. The van der Waals surface area contributed by atoms with E-state index in [1.165, 1.54) is 48.3 Å². The quantitative estimate of drug-likeness (QED) is 0.171. The Balaban J connectivity index is 1.08. The molecule has 2 heterocycles. The summed E-state index contributed by atoms with van der Waals surface area (Å²) in [5.41, 5.74) is 13.4. The number of thiophene rings is 1. The van der Waals surface area contributed by atoms with Gasteiger partial charge in [0.2, 0.25) is 0 Å². The number of nitrogens with zero attached hydrogens (tertiary/aromatic N) is 1. The van der Waals surface area contributed by atoms with E-state index in [1.54, 1.807) is 0 Å². The van der Waals surface area contributed by atoms with Crippen molar-refractivity contribution in [2.75, 3.05) is 4.90 Å². The van der Waals surface area contributed by atoms with Crippen LogP contribution >= 0.6 is 11.3 Å². The minimum absolute atomic E-state index is 0.466. The highest BCUT2D eigenvalue weighted by atomic mass is 32.1. The van der Waals surface area contributed by atoms with Crippen LogP contribution in [0.3, 0.4) is 0 Å². The van der Waals surface area contributed by atoms with Gasteiger partial charge in [-0.25, -0.2) is 0 Å². The van der Waals surface area contributed by atoms with Crippen molar-refractivity contribution < 1.29 is 4.42 Å². The first-order chi connectivity index (χ1) is 26.8. The smallest absolute Gasteiger partial charge is 0.137 e. The average Bonchev–Trinajstić information content (AvgIpc) is 3.89. The van der Waals surface area contributed by atoms with E-state index in [4.69, 9.17) is 4.42 Å². The molecule has 10 aromatic rings. The number of para-hydroxylation sites is 2. The summed E-state index contributed by atoms with van der Waals surface area (Å²) in [6.07, 6.45) is 0. The van der Waals surface area contributed by atoms with Crippen LogP contribution < -0.4 is 4.90 Å². The summed E-state index contributed by atoms with van der Waals surface area (Å²) in [7, 11) is 0. The van der Waals surface area contributed by atoms with Crippen molar-refractivity contribution in [1.82, 2.24) is 0 Å². The normalized spacial score (nSPS) is 13.0. The van der Waals surface area contributed by atoms with Gasteiger partial charge in [-0.05, 0) is 105 Å². The summed E-state index contributed by atoms with van der Waals surface area (Å²) in [6.45, 7) is 0. The second kappa shape index (κ2) is 12.2. The fourth-order valence-electron chi connectivity index (χ4n) is 8.80. The van der Waals surface area contributed by atoms with E-state index in [1.807, 2.05) is 11.3 Å². The van der Waals surface area contributed by atoms with Gasteiger partial charge in [0.05, 0.1) is 5.41 Å². The molecule has 2 aromatic heterocycles. The van der Waals surface area contributed by atoms with Gasteiger partial charge in [-0.2, -0.15) is 0 Å². The molecule has 0 saturated carbocycles. The molecule has 0 spiro atoms. The van der Waals surface area contributed by atoms with Crippen LogP contribution in [0.25, 0.3) is 53.6 Å². The second-order valence-corrected chi connectivity index (χ2v) is 15.1. The standard InChI is InChI=1S/C51H33NOS/c1-5-15-36(16-6-1)51(37-17-7-2-8-18-37)45-31-34(26-29-43(45)50-49(51)44-23-13-14-24-48(44)54-50)35-25-28-41-42-30-27-40(33-47(42)53-46(41)32-35)52(38-19-9-3-10-20-38)39-21-11-4-12-22-39/h1-33H. The fourth-order valence-corrected chi connectivity index (χ4v) is 10.1. The molecule has 1 aliphatic rings. The van der Waals surface area contributed by atoms with Crippen molar-refractivity contribution in [3.05, 3.63) is 222 Å². The summed E-state index contributed by atoms with van der Waals surface area (Å²) in [5.74, 6) is 0. The van der Waals surface area contributed by atoms with E-state index < -0.39 is 5.41 Å². The maximum absolute atomic E-state index is 6.71. The first kappa shape index (κ1) is 30.9. The third kappa shape index (κ3) is 4.59. The average molecular weight is 708 g/mol. The lowest BCUT2D eigenvalue weighted by molar-refractivity contribution is 0.669. The van der Waals surface area contributed by atoms with Crippen molar-refractivity contribution in [2.24, 2.45) is 0 Å². The van der Waals surface area contributed by atoms with Crippen LogP contribution in [0.4, 0.5) is 17.1 Å². The van der Waals surface area contributed by atoms with Gasteiger partial charge in [0.15, 0.2) is 0 Å². The van der Waals surface area contributed by atoms with E-state index in [0.717, 1.165) is 44.6 Å². The van der Waals surface area contributed by atoms with E-state index in [-0.39, 0.29) is 0 Å². The SMILES string of the molecule is c1ccc(N(c2ccccc2)c2ccc3c(c2)oc2cc(-c4ccc5c(c4)C(c4ccccc4)(c4ccccc4)c4c-5sc5ccccc45)ccc23)cc1. The molecule has 11 rings (SSSR count). The van der Waals surface area contributed by atoms with Crippen LogP contribution in [0.5, 0.6) is 0 Å². The monoisotopic (exact) mass is 707 g/mol. The maximum Gasteiger partial charge on any atom is 0.137 e. The highest BCUT2D eigenvalue weighted by Gasteiger charge is 2.48. The van der Waals surface area contributed by atoms with Crippen LogP contribution in [0.2, 0.25) is 0 Å². The van der Waals surface area contributed by atoms with Crippen molar-refractivity contribution in [1.29, 1.82) is 0 Å². The number of anilines is 3. The number of fused-ring (bicyclic) bond motifs is 8. The first-order valence-corrected chi connectivity index (χ1v) is 19.2. The van der Waals surface area contributed by atoms with Gasteiger partial charge in [0.1, 0.15) is 11.2 Å². The topological polar surface area (TPSA) is 16.4 Å². The maximum atomic E-state index is 6.71. The molecule has 0 fully saturated rings. The van der Waals surface area contributed by atoms with Gasteiger partial charge in [0.25, 0.3) is 0 Å². The van der Waals surface area contributed by atoms with Crippen LogP contribution in [0.1, 0.15) is 22.3 Å². The number of hydrogen-bond donors (Lipinski definition) is 0. The Hall–Kier alpha value is -6.68. The molecule has 0 bridgehead atoms. The van der Waals surface area contributed by atoms with E-state index in [9.17, 15) is 0 Å². The molecule has 2 nitrogen and oxygen atoms in total. The number of furan rings is 1. The highest BCUT2D eigenvalue weighted by molar-refractivity contribution is 7.22. The van der Waals surface area contributed by atoms with Crippen molar-refractivity contribution in [3.8, 4) is 21.6 Å². The molecule has 0 amide bonds. The zero-order chi connectivity index (χ0) is 35.6. The second-order valence-electron chi connectivity index (χ2n) is 14.0. The molecular formula is C51H33NOS. The lowest BCUT2D eigenvalue weighted by Crippen LogP contribution is -2.28. The van der Waals surface area contributed by atoms with Gasteiger partial charge < -0.3 is 9.32 Å². The lowest BCUT2D eigenvalue weighted by Gasteiger charge is -2.34. The number of hydrogen-bond acceptors (Lipinski definition) is 3. The van der Waals surface area contributed by atoms with Crippen LogP contribution in [-0.2, 0) is 5.41 Å². The van der Waals surface area contributed by atoms with Gasteiger partial charge in [-0.15, -0.1) is 11.3 Å². The number of benzene rings is 8. The molecule has 254 valence electrons. The largest absolute Gasteiger partial charge is 0.456 e. The van der Waals surface area contributed by atoms with Gasteiger partial charge in [0, 0.05) is 43.5 Å². The molecule has 3 heteroatoms. The zero-order valence-corrected chi connectivity index (χ0v) is 30.1. The van der Waals surface area contributed by atoms with Crippen LogP contribution in [0.15, 0.2) is 205 Å².